The number of nitrogens with zero attached hydrogens (tertiary/aromatic N) is 4. The van der Waals surface area contributed by atoms with Crippen molar-refractivity contribution in [1.82, 2.24) is 14.7 Å². The number of piperidine rings is 1. The summed E-state index contributed by atoms with van der Waals surface area (Å²) in [4.78, 5) is 33.3. The molecule has 3 aliphatic heterocycles. The van der Waals surface area contributed by atoms with Crippen LogP contribution in [0.15, 0.2) is 18.2 Å². The minimum absolute atomic E-state index is 0.0382. The highest BCUT2D eigenvalue weighted by Crippen LogP contribution is 2.29. The van der Waals surface area contributed by atoms with E-state index in [0.717, 1.165) is 38.3 Å². The molecule has 0 bridgehead atoms. The summed E-state index contributed by atoms with van der Waals surface area (Å²) in [5.74, 6) is -2.27. The molecule has 2 unspecified atom stereocenters. The zero-order valence-corrected chi connectivity index (χ0v) is 16.8. The van der Waals surface area contributed by atoms with Crippen molar-refractivity contribution in [2.75, 3.05) is 57.8 Å². The van der Waals surface area contributed by atoms with Gasteiger partial charge in [-0.3, -0.25) is 14.5 Å². The predicted molar refractivity (Wildman–Crippen MR) is 105 cm³/mol. The molecule has 0 radical (unpaired) electrons. The summed E-state index contributed by atoms with van der Waals surface area (Å²) in [6, 6.07) is 3.70. The molecule has 1 aromatic rings. The number of likely N-dealkylation sites (tertiary alicyclic amines) is 1. The molecule has 29 heavy (non-hydrogen) atoms. The number of amides is 2. The Kier molecular flexibility index (Phi) is 5.83. The molecule has 158 valence electrons. The van der Waals surface area contributed by atoms with Crippen LogP contribution in [0.25, 0.3) is 0 Å². The molecule has 0 aromatic heterocycles. The van der Waals surface area contributed by atoms with Crippen molar-refractivity contribution in [3.63, 3.8) is 0 Å². The van der Waals surface area contributed by atoms with E-state index in [1.54, 1.807) is 0 Å². The van der Waals surface area contributed by atoms with Gasteiger partial charge in [-0.1, -0.05) is 0 Å². The van der Waals surface area contributed by atoms with E-state index in [2.05, 4.69) is 16.8 Å². The first-order chi connectivity index (χ1) is 13.9. The number of anilines is 1. The van der Waals surface area contributed by atoms with Gasteiger partial charge in [0.2, 0.25) is 11.8 Å². The normalized spacial score (nSPS) is 26.9. The number of likely N-dealkylation sites (N-methyl/N-ethyl adjacent to an activating group) is 1. The molecule has 0 spiro atoms. The first-order valence-corrected chi connectivity index (χ1v) is 10.4. The van der Waals surface area contributed by atoms with Gasteiger partial charge in [-0.15, -0.1) is 0 Å². The first-order valence-electron chi connectivity index (χ1n) is 10.4. The predicted octanol–water partition coefficient (Wildman–Crippen LogP) is 1.56. The van der Waals surface area contributed by atoms with Crippen LogP contribution in [0.1, 0.15) is 19.3 Å². The van der Waals surface area contributed by atoms with E-state index in [-0.39, 0.29) is 30.5 Å². The molecule has 2 amide bonds. The lowest BCUT2D eigenvalue weighted by Gasteiger charge is -2.43. The highest BCUT2D eigenvalue weighted by atomic mass is 19.1. The van der Waals surface area contributed by atoms with Crippen molar-refractivity contribution in [3.05, 3.63) is 29.8 Å². The average Bonchev–Trinajstić information content (AvgIpc) is 3.09. The molecule has 0 saturated carbocycles. The van der Waals surface area contributed by atoms with Crippen LogP contribution in [0, 0.1) is 17.6 Å². The quantitative estimate of drug-likeness (QED) is 0.765. The monoisotopic (exact) mass is 406 g/mol. The number of hydrogen-bond acceptors (Lipinski definition) is 4. The smallest absolute Gasteiger partial charge is 0.228 e. The minimum Gasteiger partial charge on any atom is -0.340 e. The van der Waals surface area contributed by atoms with Crippen LogP contribution in [0.3, 0.4) is 0 Å². The zero-order chi connectivity index (χ0) is 20.5. The minimum atomic E-state index is -0.780. The molecule has 1 aromatic carbocycles. The summed E-state index contributed by atoms with van der Waals surface area (Å²) in [5.41, 5.74) is 0.0398. The third-order valence-corrected chi connectivity index (χ3v) is 6.42. The fraction of sp³-hybridized carbons (Fsp3) is 0.619. The van der Waals surface area contributed by atoms with Crippen LogP contribution < -0.4 is 4.90 Å². The fourth-order valence-electron chi connectivity index (χ4n) is 4.81. The summed E-state index contributed by atoms with van der Waals surface area (Å²) in [6.07, 6.45) is 2.48. The van der Waals surface area contributed by atoms with Crippen LogP contribution in [0.5, 0.6) is 0 Å². The molecule has 8 heteroatoms. The van der Waals surface area contributed by atoms with Crippen molar-refractivity contribution >= 4 is 17.5 Å². The van der Waals surface area contributed by atoms with Crippen molar-refractivity contribution in [2.24, 2.45) is 5.92 Å². The Labute approximate surface area is 170 Å². The van der Waals surface area contributed by atoms with Crippen molar-refractivity contribution in [3.8, 4) is 0 Å². The molecule has 0 N–H and O–H groups in total. The zero-order valence-electron chi connectivity index (χ0n) is 16.8. The Morgan fingerprint density at radius 2 is 1.83 bits per heavy atom. The lowest BCUT2D eigenvalue weighted by Crippen LogP contribution is -2.56. The van der Waals surface area contributed by atoms with Crippen LogP contribution in [0.4, 0.5) is 14.5 Å². The van der Waals surface area contributed by atoms with Gasteiger partial charge in [0.1, 0.15) is 11.6 Å². The summed E-state index contributed by atoms with van der Waals surface area (Å²) < 4.78 is 27.2. The standard InChI is InChI=1S/C21H28F2N4O2/c1-24-6-2-3-17(14-24)25-7-9-26(10-8-25)21(29)15-11-20(28)27(13-15)19-5-4-16(22)12-18(19)23/h4-5,12,15,17H,2-3,6-11,13-14H2,1H3. The Bertz CT molecular complexity index is 782. The maximum atomic E-state index is 14.1. The van der Waals surface area contributed by atoms with Gasteiger partial charge in [0.05, 0.1) is 11.6 Å². The first kappa shape index (κ1) is 20.2. The molecular formula is C21H28F2N4O2. The number of hydrogen-bond donors (Lipinski definition) is 0. The lowest BCUT2D eigenvalue weighted by molar-refractivity contribution is -0.138. The maximum Gasteiger partial charge on any atom is 0.228 e. The number of carbonyl (C=O) groups excluding carboxylic acids is 2. The number of rotatable bonds is 3. The molecule has 3 aliphatic rings. The van der Waals surface area contributed by atoms with Crippen LogP contribution >= 0.6 is 0 Å². The molecule has 4 rings (SSSR count). The molecule has 2 atom stereocenters. The van der Waals surface area contributed by atoms with E-state index in [4.69, 9.17) is 0 Å². The molecule has 0 aliphatic carbocycles. The summed E-state index contributed by atoms with van der Waals surface area (Å²) in [7, 11) is 2.15. The number of benzene rings is 1. The van der Waals surface area contributed by atoms with Gasteiger partial charge in [0.15, 0.2) is 0 Å². The Morgan fingerprint density at radius 1 is 1.07 bits per heavy atom. The molecule has 3 heterocycles. The SMILES string of the molecule is CN1CCCC(N2CCN(C(=O)C3CC(=O)N(c4ccc(F)cc4F)C3)CC2)C1. The second kappa shape index (κ2) is 8.36. The van der Waals surface area contributed by atoms with Crippen molar-refractivity contribution in [2.45, 2.75) is 25.3 Å². The second-order valence-electron chi connectivity index (χ2n) is 8.42. The van der Waals surface area contributed by atoms with Crippen LogP contribution in [-0.2, 0) is 9.59 Å². The van der Waals surface area contributed by atoms with Gasteiger partial charge in [0.25, 0.3) is 0 Å². The topological polar surface area (TPSA) is 47.1 Å². The lowest BCUT2D eigenvalue weighted by atomic mass is 10.0. The Morgan fingerprint density at radius 3 is 2.52 bits per heavy atom. The molecule has 3 saturated heterocycles. The highest BCUT2D eigenvalue weighted by Gasteiger charge is 2.39. The van der Waals surface area contributed by atoms with Gasteiger partial charge < -0.3 is 14.7 Å². The van der Waals surface area contributed by atoms with Gasteiger partial charge in [-0.25, -0.2) is 8.78 Å². The largest absolute Gasteiger partial charge is 0.340 e. The van der Waals surface area contributed by atoms with Crippen LogP contribution in [0.2, 0.25) is 0 Å². The van der Waals surface area contributed by atoms with E-state index in [1.165, 1.54) is 23.8 Å². The van der Waals surface area contributed by atoms with E-state index in [9.17, 15) is 18.4 Å². The molecule has 6 nitrogen and oxygen atoms in total. The average molecular weight is 406 g/mol. The Hall–Kier alpha value is -2.06. The number of carbonyl (C=O) groups is 2. The van der Waals surface area contributed by atoms with Crippen LogP contribution in [-0.4, -0.2) is 85.4 Å². The molecular weight excluding hydrogens is 378 g/mol. The summed E-state index contributed by atoms with van der Waals surface area (Å²) >= 11 is 0. The van der Waals surface area contributed by atoms with Crippen molar-refractivity contribution in [1.29, 1.82) is 0 Å². The van der Waals surface area contributed by atoms with E-state index < -0.39 is 17.6 Å². The van der Waals surface area contributed by atoms with E-state index >= 15 is 0 Å². The molecule has 3 fully saturated rings. The third-order valence-electron chi connectivity index (χ3n) is 6.42. The van der Waals surface area contributed by atoms with Gasteiger partial charge in [-0.2, -0.15) is 0 Å². The third kappa shape index (κ3) is 4.28. The van der Waals surface area contributed by atoms with Gasteiger partial charge in [0, 0.05) is 57.8 Å². The summed E-state index contributed by atoms with van der Waals surface area (Å²) in [5, 5.41) is 0. The van der Waals surface area contributed by atoms with E-state index in [0.29, 0.717) is 19.1 Å². The van der Waals surface area contributed by atoms with Crippen molar-refractivity contribution < 1.29 is 18.4 Å². The Balaban J connectivity index is 1.34. The van der Waals surface area contributed by atoms with Gasteiger partial charge >= 0.3 is 0 Å². The maximum absolute atomic E-state index is 14.1. The number of piperazine rings is 1. The second-order valence-corrected chi connectivity index (χ2v) is 8.42. The fourth-order valence-corrected chi connectivity index (χ4v) is 4.81. The summed E-state index contributed by atoms with van der Waals surface area (Å²) in [6.45, 7) is 5.39. The highest BCUT2D eigenvalue weighted by molar-refractivity contribution is 6.00. The van der Waals surface area contributed by atoms with Gasteiger partial charge in [-0.05, 0) is 38.6 Å². The van der Waals surface area contributed by atoms with E-state index in [1.807, 2.05) is 4.90 Å². The number of halogens is 2.